The summed E-state index contributed by atoms with van der Waals surface area (Å²) < 4.78 is 9.91. The van der Waals surface area contributed by atoms with Gasteiger partial charge in [-0.05, 0) is 38.2 Å². The molecule has 1 atom stereocenters. The first kappa shape index (κ1) is 17.3. The highest BCUT2D eigenvalue weighted by molar-refractivity contribution is 6.30. The van der Waals surface area contributed by atoms with Crippen LogP contribution in [0.2, 0.25) is 5.02 Å². The van der Waals surface area contributed by atoms with E-state index in [4.69, 9.17) is 16.3 Å². The normalized spacial score (nSPS) is 11.9. The monoisotopic (exact) mass is 314 g/mol. The van der Waals surface area contributed by atoms with E-state index in [0.717, 1.165) is 0 Å². The number of alkyl carbamates (subject to hydrolysis) is 1. The molecule has 2 amide bonds. The van der Waals surface area contributed by atoms with Crippen molar-refractivity contribution >= 4 is 23.6 Å². The number of carbonyl (C=O) groups is 2. The number of halogens is 1. The number of benzene rings is 1. The van der Waals surface area contributed by atoms with Crippen LogP contribution in [-0.4, -0.2) is 50.3 Å². The zero-order valence-electron chi connectivity index (χ0n) is 12.3. The number of methoxy groups -OCH3 is 1. The lowest BCUT2D eigenvalue weighted by molar-refractivity contribution is -0.124. The van der Waals surface area contributed by atoms with Crippen LogP contribution in [0.4, 0.5) is 4.79 Å². The topological polar surface area (TPSA) is 67.9 Å². The van der Waals surface area contributed by atoms with Crippen LogP contribution in [0.3, 0.4) is 0 Å². The van der Waals surface area contributed by atoms with Crippen LogP contribution < -0.4 is 10.1 Å². The number of amides is 2. The van der Waals surface area contributed by atoms with Crippen LogP contribution >= 0.6 is 11.6 Å². The molecule has 0 heterocycles. The van der Waals surface area contributed by atoms with Gasteiger partial charge in [0.05, 0.1) is 13.2 Å². The Morgan fingerprint density at radius 1 is 1.33 bits per heavy atom. The summed E-state index contributed by atoms with van der Waals surface area (Å²) in [5.41, 5.74) is 0. The summed E-state index contributed by atoms with van der Waals surface area (Å²) in [6.45, 7) is 2.63. The average Bonchev–Trinajstić information content (AvgIpc) is 2.48. The second-order valence-corrected chi connectivity index (χ2v) is 4.88. The van der Waals surface area contributed by atoms with Crippen molar-refractivity contribution in [1.82, 2.24) is 10.2 Å². The number of rotatable bonds is 6. The number of carbonyl (C=O) groups excluding carboxylic acids is 2. The second-order valence-electron chi connectivity index (χ2n) is 4.44. The highest BCUT2D eigenvalue weighted by atomic mass is 35.5. The van der Waals surface area contributed by atoms with Gasteiger partial charge in [0, 0.05) is 11.6 Å². The minimum atomic E-state index is -0.766. The van der Waals surface area contributed by atoms with Crippen LogP contribution in [0.25, 0.3) is 0 Å². The largest absolute Gasteiger partial charge is 0.492 e. The van der Waals surface area contributed by atoms with Gasteiger partial charge in [-0.15, -0.1) is 0 Å². The van der Waals surface area contributed by atoms with E-state index in [-0.39, 0.29) is 0 Å². The van der Waals surface area contributed by atoms with Crippen LogP contribution in [0.15, 0.2) is 24.3 Å². The van der Waals surface area contributed by atoms with Crippen molar-refractivity contribution in [3.05, 3.63) is 29.3 Å². The van der Waals surface area contributed by atoms with Crippen molar-refractivity contribution in [3.63, 3.8) is 0 Å². The number of ether oxygens (including phenoxy) is 2. The summed E-state index contributed by atoms with van der Waals surface area (Å²) in [5, 5.41) is 2.77. The van der Waals surface area contributed by atoms with E-state index in [1.54, 1.807) is 43.1 Å². The maximum atomic E-state index is 11.7. The number of nitrogens with zero attached hydrogens (tertiary/aromatic N) is 1. The van der Waals surface area contributed by atoms with Crippen LogP contribution in [0, 0.1) is 0 Å². The molecule has 1 aromatic rings. The lowest BCUT2D eigenvalue weighted by Crippen LogP contribution is -2.46. The maximum absolute atomic E-state index is 11.7. The van der Waals surface area contributed by atoms with Crippen molar-refractivity contribution in [2.45, 2.75) is 13.0 Å². The molecule has 1 rings (SSSR count). The van der Waals surface area contributed by atoms with Crippen molar-refractivity contribution in [1.29, 1.82) is 0 Å². The Hall–Kier alpha value is -1.79. The lowest BCUT2D eigenvalue weighted by Gasteiger charge is -2.23. The summed E-state index contributed by atoms with van der Waals surface area (Å²) in [4.78, 5) is 24.5. The van der Waals surface area contributed by atoms with E-state index in [1.165, 1.54) is 7.11 Å². The minimum absolute atomic E-state index is 0.411. The summed E-state index contributed by atoms with van der Waals surface area (Å²) in [6.07, 6.45) is -0.766. The van der Waals surface area contributed by atoms with Crippen LogP contribution in [0.1, 0.15) is 6.92 Å². The van der Waals surface area contributed by atoms with Gasteiger partial charge in [0.15, 0.2) is 0 Å². The smallest absolute Gasteiger partial charge is 0.413 e. The van der Waals surface area contributed by atoms with Crippen molar-refractivity contribution in [3.8, 4) is 5.75 Å². The molecule has 1 aromatic carbocycles. The molecule has 7 heteroatoms. The van der Waals surface area contributed by atoms with Crippen molar-refractivity contribution in [2.24, 2.45) is 0 Å². The number of nitrogens with one attached hydrogen (secondary N) is 1. The van der Waals surface area contributed by atoms with E-state index in [9.17, 15) is 9.59 Å². The summed E-state index contributed by atoms with van der Waals surface area (Å²) in [6, 6.07) is 6.56. The Morgan fingerprint density at radius 3 is 2.52 bits per heavy atom. The number of likely N-dealkylation sites (N-methyl/N-ethyl adjacent to an activating group) is 1. The van der Waals surface area contributed by atoms with Gasteiger partial charge in [-0.1, -0.05) is 11.6 Å². The van der Waals surface area contributed by atoms with Gasteiger partial charge in [0.2, 0.25) is 5.91 Å². The van der Waals surface area contributed by atoms with Gasteiger partial charge < -0.3 is 9.47 Å². The van der Waals surface area contributed by atoms with Crippen molar-refractivity contribution < 1.29 is 19.1 Å². The molecule has 0 aliphatic heterocycles. The van der Waals surface area contributed by atoms with E-state index >= 15 is 0 Å². The fraction of sp³-hybridized carbons (Fsp3) is 0.429. The molecular formula is C14H19ClN2O4. The standard InChI is InChI=1S/C14H19ClN2O4/c1-10(13(18)16-14(19)20-3)17(2)8-9-21-12-6-4-11(15)5-7-12/h4-7,10H,8-9H2,1-3H3,(H,16,18,19)/t10-/m0/s1. The molecule has 0 bridgehead atoms. The predicted molar refractivity (Wildman–Crippen MR) is 79.6 cm³/mol. The Morgan fingerprint density at radius 2 is 1.95 bits per heavy atom. The zero-order valence-corrected chi connectivity index (χ0v) is 13.0. The van der Waals surface area contributed by atoms with E-state index in [0.29, 0.717) is 23.9 Å². The van der Waals surface area contributed by atoms with Gasteiger partial charge in [-0.3, -0.25) is 15.0 Å². The molecule has 0 radical (unpaired) electrons. The SMILES string of the molecule is COC(=O)NC(=O)[C@H](C)N(C)CCOc1ccc(Cl)cc1. The van der Waals surface area contributed by atoms with Crippen molar-refractivity contribution in [2.75, 3.05) is 27.3 Å². The van der Waals surface area contributed by atoms with Crippen LogP contribution in [-0.2, 0) is 9.53 Å². The number of hydrogen-bond donors (Lipinski definition) is 1. The average molecular weight is 315 g/mol. The molecule has 0 saturated carbocycles. The Labute approximate surface area is 129 Å². The third kappa shape index (κ3) is 6.01. The number of hydrogen-bond acceptors (Lipinski definition) is 5. The second kappa shape index (κ2) is 8.49. The van der Waals surface area contributed by atoms with Gasteiger partial charge in [-0.25, -0.2) is 4.79 Å². The highest BCUT2D eigenvalue weighted by Gasteiger charge is 2.20. The molecule has 116 valence electrons. The molecule has 0 unspecified atom stereocenters. The lowest BCUT2D eigenvalue weighted by atomic mass is 10.3. The van der Waals surface area contributed by atoms with Gasteiger partial charge in [-0.2, -0.15) is 0 Å². The number of imide groups is 1. The Kier molecular flexibility index (Phi) is 6.98. The first-order chi connectivity index (χ1) is 9.93. The molecule has 21 heavy (non-hydrogen) atoms. The Bertz CT molecular complexity index is 478. The molecule has 0 fully saturated rings. The summed E-state index contributed by atoms with van der Waals surface area (Å²) in [7, 11) is 2.98. The van der Waals surface area contributed by atoms with Gasteiger partial charge in [0.1, 0.15) is 12.4 Å². The third-order valence-corrected chi connectivity index (χ3v) is 3.23. The molecule has 1 N–H and O–H groups in total. The van der Waals surface area contributed by atoms with E-state index in [1.807, 2.05) is 0 Å². The first-order valence-corrected chi connectivity index (χ1v) is 6.79. The van der Waals surface area contributed by atoms with Gasteiger partial charge >= 0.3 is 6.09 Å². The molecule has 0 aliphatic carbocycles. The first-order valence-electron chi connectivity index (χ1n) is 6.41. The van der Waals surface area contributed by atoms with E-state index in [2.05, 4.69) is 10.1 Å². The summed E-state index contributed by atoms with van der Waals surface area (Å²) >= 11 is 5.78. The van der Waals surface area contributed by atoms with Gasteiger partial charge in [0.25, 0.3) is 0 Å². The minimum Gasteiger partial charge on any atom is -0.492 e. The molecule has 0 aliphatic rings. The molecule has 0 saturated heterocycles. The third-order valence-electron chi connectivity index (χ3n) is 2.98. The highest BCUT2D eigenvalue weighted by Crippen LogP contribution is 2.15. The zero-order chi connectivity index (χ0) is 15.8. The molecule has 0 aromatic heterocycles. The fourth-order valence-electron chi connectivity index (χ4n) is 1.49. The van der Waals surface area contributed by atoms with E-state index < -0.39 is 18.0 Å². The predicted octanol–water partition coefficient (Wildman–Crippen LogP) is 1.92. The molecular weight excluding hydrogens is 296 g/mol. The maximum Gasteiger partial charge on any atom is 0.413 e. The fourth-order valence-corrected chi connectivity index (χ4v) is 1.61. The summed E-state index contributed by atoms with van der Waals surface area (Å²) in [5.74, 6) is 0.287. The quantitative estimate of drug-likeness (QED) is 0.869. The Balaban J connectivity index is 2.35. The van der Waals surface area contributed by atoms with Crippen LogP contribution in [0.5, 0.6) is 5.75 Å². The molecule has 6 nitrogen and oxygen atoms in total. The molecule has 0 spiro atoms.